The molecular weight excluding hydrogens is 400 g/mol. The Morgan fingerprint density at radius 3 is 2.50 bits per heavy atom. The molecule has 0 spiro atoms. The number of hydrogen-bond acceptors (Lipinski definition) is 4. The Balaban J connectivity index is 2.17. The molecule has 2 N–H and O–H groups in total. The first-order valence-corrected chi connectivity index (χ1v) is 8.69. The van der Waals surface area contributed by atoms with Gasteiger partial charge in [-0.3, -0.25) is 9.59 Å². The number of carbonyl (C=O) groups excluding carboxylic acids is 3. The van der Waals surface area contributed by atoms with Crippen molar-refractivity contribution in [3.05, 3.63) is 64.1 Å². The zero-order valence-electron chi connectivity index (χ0n) is 14.4. The van der Waals surface area contributed by atoms with E-state index in [0.29, 0.717) is 11.3 Å². The Labute approximate surface area is 160 Å². The summed E-state index contributed by atoms with van der Waals surface area (Å²) in [4.78, 5) is 35.8. The van der Waals surface area contributed by atoms with Crippen LogP contribution in [0.4, 0.5) is 5.69 Å². The molecule has 0 radical (unpaired) electrons. The Morgan fingerprint density at radius 1 is 1.12 bits per heavy atom. The van der Waals surface area contributed by atoms with Crippen molar-refractivity contribution >= 4 is 39.4 Å². The second-order valence-electron chi connectivity index (χ2n) is 5.61. The third-order valence-electron chi connectivity index (χ3n) is 3.62. The summed E-state index contributed by atoms with van der Waals surface area (Å²) in [5, 5.41) is 5.31. The first-order valence-electron chi connectivity index (χ1n) is 7.90. The molecule has 136 valence electrons. The van der Waals surface area contributed by atoms with E-state index in [-0.39, 0.29) is 12.3 Å². The lowest BCUT2D eigenvalue weighted by Gasteiger charge is -2.17. The van der Waals surface area contributed by atoms with Gasteiger partial charge in [0.25, 0.3) is 5.91 Å². The summed E-state index contributed by atoms with van der Waals surface area (Å²) in [6.45, 7) is 1.39. The number of benzene rings is 2. The minimum atomic E-state index is -0.837. The average molecular weight is 419 g/mol. The van der Waals surface area contributed by atoms with Gasteiger partial charge < -0.3 is 15.4 Å². The minimum absolute atomic E-state index is 0.232. The largest absolute Gasteiger partial charge is 0.467 e. The molecule has 2 amide bonds. The van der Waals surface area contributed by atoms with Gasteiger partial charge in [-0.2, -0.15) is 0 Å². The Kier molecular flexibility index (Phi) is 6.91. The maximum atomic E-state index is 12.5. The topological polar surface area (TPSA) is 84.5 Å². The highest BCUT2D eigenvalue weighted by molar-refractivity contribution is 9.10. The number of methoxy groups -OCH3 is 1. The van der Waals surface area contributed by atoms with Crippen LogP contribution in [-0.2, 0) is 20.7 Å². The van der Waals surface area contributed by atoms with Gasteiger partial charge in [0, 0.05) is 29.1 Å². The van der Waals surface area contributed by atoms with E-state index in [9.17, 15) is 14.4 Å². The van der Waals surface area contributed by atoms with Gasteiger partial charge in [0.05, 0.1) is 7.11 Å². The Hall–Kier alpha value is -2.67. The van der Waals surface area contributed by atoms with Gasteiger partial charge in [-0.25, -0.2) is 4.79 Å². The first kappa shape index (κ1) is 19.7. The fourth-order valence-electron chi connectivity index (χ4n) is 2.40. The quantitative estimate of drug-likeness (QED) is 0.706. The van der Waals surface area contributed by atoms with Crippen molar-refractivity contribution in [3.63, 3.8) is 0 Å². The zero-order chi connectivity index (χ0) is 19.1. The van der Waals surface area contributed by atoms with Crippen LogP contribution in [0.3, 0.4) is 0 Å². The minimum Gasteiger partial charge on any atom is -0.467 e. The molecule has 0 saturated heterocycles. The van der Waals surface area contributed by atoms with Crippen LogP contribution in [0.25, 0.3) is 0 Å². The SMILES string of the molecule is COC(=O)[C@@H](Cc1ccccc1Br)NC(=O)c1cccc(NC(C)=O)c1. The van der Waals surface area contributed by atoms with Crippen LogP contribution < -0.4 is 10.6 Å². The van der Waals surface area contributed by atoms with Gasteiger partial charge in [0.2, 0.25) is 5.91 Å². The molecule has 7 heteroatoms. The van der Waals surface area contributed by atoms with Crippen molar-refractivity contribution in [3.8, 4) is 0 Å². The van der Waals surface area contributed by atoms with E-state index in [1.54, 1.807) is 24.3 Å². The average Bonchev–Trinajstić information content (AvgIpc) is 2.61. The maximum Gasteiger partial charge on any atom is 0.328 e. The van der Waals surface area contributed by atoms with E-state index < -0.39 is 17.9 Å². The number of nitrogens with one attached hydrogen (secondary N) is 2. The van der Waals surface area contributed by atoms with Crippen LogP contribution >= 0.6 is 15.9 Å². The van der Waals surface area contributed by atoms with Crippen molar-refractivity contribution in [1.82, 2.24) is 5.32 Å². The van der Waals surface area contributed by atoms with Crippen LogP contribution in [0.5, 0.6) is 0 Å². The molecule has 0 aliphatic rings. The van der Waals surface area contributed by atoms with E-state index in [1.807, 2.05) is 24.3 Å². The normalized spacial score (nSPS) is 11.3. The summed E-state index contributed by atoms with van der Waals surface area (Å²) < 4.78 is 5.65. The van der Waals surface area contributed by atoms with Gasteiger partial charge in [0.15, 0.2) is 0 Å². The molecule has 26 heavy (non-hydrogen) atoms. The predicted octanol–water partition coefficient (Wildman–Crippen LogP) is 2.92. The summed E-state index contributed by atoms with van der Waals surface area (Å²) in [5.41, 5.74) is 1.71. The fourth-order valence-corrected chi connectivity index (χ4v) is 2.85. The van der Waals surface area contributed by atoms with Crippen molar-refractivity contribution < 1.29 is 19.1 Å². The van der Waals surface area contributed by atoms with Crippen LogP contribution in [0.1, 0.15) is 22.8 Å². The number of ether oxygens (including phenoxy) is 1. The summed E-state index contributed by atoms with van der Waals surface area (Å²) in [6, 6.07) is 13.1. The third kappa shape index (κ3) is 5.42. The smallest absolute Gasteiger partial charge is 0.328 e. The highest BCUT2D eigenvalue weighted by atomic mass is 79.9. The summed E-state index contributed by atoms with van der Waals surface area (Å²) >= 11 is 3.43. The molecule has 2 rings (SSSR count). The van der Waals surface area contributed by atoms with Crippen molar-refractivity contribution in [2.75, 3.05) is 12.4 Å². The van der Waals surface area contributed by atoms with Gasteiger partial charge in [-0.1, -0.05) is 40.2 Å². The lowest BCUT2D eigenvalue weighted by molar-refractivity contribution is -0.142. The van der Waals surface area contributed by atoms with E-state index in [0.717, 1.165) is 10.0 Å². The van der Waals surface area contributed by atoms with Crippen molar-refractivity contribution in [2.45, 2.75) is 19.4 Å². The van der Waals surface area contributed by atoms with E-state index >= 15 is 0 Å². The van der Waals surface area contributed by atoms with Gasteiger partial charge >= 0.3 is 5.97 Å². The number of carbonyl (C=O) groups is 3. The van der Waals surface area contributed by atoms with Gasteiger partial charge in [0.1, 0.15) is 6.04 Å². The summed E-state index contributed by atoms with van der Waals surface area (Å²) in [6.07, 6.45) is 0.283. The monoisotopic (exact) mass is 418 g/mol. The Morgan fingerprint density at radius 2 is 1.85 bits per heavy atom. The van der Waals surface area contributed by atoms with Crippen LogP contribution in [0.2, 0.25) is 0 Å². The second kappa shape index (κ2) is 9.15. The molecule has 0 saturated carbocycles. The zero-order valence-corrected chi connectivity index (χ0v) is 16.0. The van der Waals surface area contributed by atoms with E-state index in [2.05, 4.69) is 26.6 Å². The number of hydrogen-bond donors (Lipinski definition) is 2. The van der Waals surface area contributed by atoms with Crippen molar-refractivity contribution in [1.29, 1.82) is 0 Å². The second-order valence-corrected chi connectivity index (χ2v) is 6.46. The van der Waals surface area contributed by atoms with Crippen molar-refractivity contribution in [2.24, 2.45) is 0 Å². The summed E-state index contributed by atoms with van der Waals surface area (Å²) in [5.74, 6) is -1.20. The molecule has 0 unspecified atom stereocenters. The maximum absolute atomic E-state index is 12.5. The van der Waals surface area contributed by atoms with Gasteiger partial charge in [-0.05, 0) is 29.8 Å². The number of anilines is 1. The van der Waals surface area contributed by atoms with Gasteiger partial charge in [-0.15, -0.1) is 0 Å². The Bertz CT molecular complexity index is 823. The molecule has 6 nitrogen and oxygen atoms in total. The first-order chi connectivity index (χ1) is 12.4. The summed E-state index contributed by atoms with van der Waals surface area (Å²) in [7, 11) is 1.28. The number of halogens is 1. The molecular formula is C19H19BrN2O4. The third-order valence-corrected chi connectivity index (χ3v) is 4.39. The highest BCUT2D eigenvalue weighted by Crippen LogP contribution is 2.18. The van der Waals surface area contributed by atoms with Crippen LogP contribution in [-0.4, -0.2) is 30.9 Å². The molecule has 0 bridgehead atoms. The van der Waals surface area contributed by atoms with E-state index in [4.69, 9.17) is 4.74 Å². The molecule has 0 fully saturated rings. The van der Waals surface area contributed by atoms with Crippen LogP contribution in [0, 0.1) is 0 Å². The van der Waals surface area contributed by atoms with Crippen LogP contribution in [0.15, 0.2) is 53.0 Å². The lowest BCUT2D eigenvalue weighted by atomic mass is 10.1. The number of rotatable bonds is 6. The molecule has 1 atom stereocenters. The fraction of sp³-hybridized carbons (Fsp3) is 0.211. The number of amides is 2. The predicted molar refractivity (Wildman–Crippen MR) is 102 cm³/mol. The number of esters is 1. The molecule has 0 heterocycles. The lowest BCUT2D eigenvalue weighted by Crippen LogP contribution is -2.43. The molecule has 0 aliphatic heterocycles. The van der Waals surface area contributed by atoms with E-state index in [1.165, 1.54) is 14.0 Å². The molecule has 2 aromatic carbocycles. The standard InChI is InChI=1S/C19H19BrN2O4/c1-12(23)21-15-8-5-7-14(10-15)18(24)22-17(19(25)26-2)11-13-6-3-4-9-16(13)20/h3-10,17H,11H2,1-2H3,(H,21,23)(H,22,24)/t17-/m1/s1. The molecule has 0 aliphatic carbocycles. The molecule has 0 aromatic heterocycles. The molecule has 2 aromatic rings. The highest BCUT2D eigenvalue weighted by Gasteiger charge is 2.23.